The number of sulfonamides is 1. The molecule has 2 aromatic rings. The molecule has 0 atom stereocenters. The van der Waals surface area contributed by atoms with E-state index in [0.29, 0.717) is 0 Å². The zero-order chi connectivity index (χ0) is 14.9. The average molecular weight is 313 g/mol. The molecule has 1 heterocycles. The normalized spacial score (nSPS) is 11.2. The second-order valence-electron chi connectivity index (χ2n) is 4.01. The van der Waals surface area contributed by atoms with Gasteiger partial charge in [-0.2, -0.15) is 0 Å². The molecule has 2 rings (SSSR count). The third-order valence-corrected chi connectivity index (χ3v) is 5.33. The number of phenolic OH excluding ortho intramolecular Hbond substituents is 1. The summed E-state index contributed by atoms with van der Waals surface area (Å²) in [6.07, 6.45) is 0. The molecule has 0 amide bonds. The van der Waals surface area contributed by atoms with E-state index in [9.17, 15) is 18.3 Å². The number of aryl methyl sites for hydroxylation is 1. The maximum Gasteiger partial charge on any atom is 0.335 e. The van der Waals surface area contributed by atoms with Crippen molar-refractivity contribution in [2.45, 2.75) is 11.1 Å². The molecule has 3 N–H and O–H groups in total. The summed E-state index contributed by atoms with van der Waals surface area (Å²) in [4.78, 5) is 11.6. The van der Waals surface area contributed by atoms with Crippen LogP contribution in [-0.4, -0.2) is 24.6 Å². The van der Waals surface area contributed by atoms with Crippen LogP contribution in [0.15, 0.2) is 34.5 Å². The maximum absolute atomic E-state index is 12.1. The highest BCUT2D eigenvalue weighted by Crippen LogP contribution is 2.29. The number of carboxylic acids is 1. The molecular formula is C12H11NO5S2. The van der Waals surface area contributed by atoms with Gasteiger partial charge in [0.2, 0.25) is 0 Å². The molecule has 0 radical (unpaired) electrons. The van der Waals surface area contributed by atoms with Crippen molar-refractivity contribution in [3.8, 4) is 5.75 Å². The van der Waals surface area contributed by atoms with E-state index in [4.69, 9.17) is 5.11 Å². The number of phenols is 1. The first-order valence-electron chi connectivity index (χ1n) is 5.45. The summed E-state index contributed by atoms with van der Waals surface area (Å²) in [5, 5.41) is 18.4. The second kappa shape index (κ2) is 5.14. The first-order chi connectivity index (χ1) is 9.29. The fraction of sp³-hybridized carbons (Fsp3) is 0.0833. The zero-order valence-electron chi connectivity index (χ0n) is 10.3. The predicted molar refractivity (Wildman–Crippen MR) is 74.9 cm³/mol. The molecule has 0 spiro atoms. The van der Waals surface area contributed by atoms with Gasteiger partial charge in [-0.15, -0.1) is 11.3 Å². The van der Waals surface area contributed by atoms with Crippen LogP contribution in [0.3, 0.4) is 0 Å². The highest BCUT2D eigenvalue weighted by atomic mass is 32.2. The molecule has 0 bridgehead atoms. The number of anilines is 1. The van der Waals surface area contributed by atoms with Gasteiger partial charge in [-0.1, -0.05) is 0 Å². The lowest BCUT2D eigenvalue weighted by Crippen LogP contribution is -2.11. The standard InChI is InChI=1S/C12H11NO5S2/c1-7-2-5-11(19-7)20(17,18)13-9-4-3-8(12(15)16)6-10(9)14/h2-6,13-14H,1H3,(H,15,16). The van der Waals surface area contributed by atoms with Crippen LogP contribution in [-0.2, 0) is 10.0 Å². The molecule has 1 aromatic heterocycles. The lowest BCUT2D eigenvalue weighted by molar-refractivity contribution is 0.0696. The largest absolute Gasteiger partial charge is 0.506 e. The third-order valence-electron chi connectivity index (χ3n) is 2.47. The Kier molecular flexibility index (Phi) is 3.69. The van der Waals surface area contributed by atoms with Crippen molar-refractivity contribution >= 4 is 33.0 Å². The maximum atomic E-state index is 12.1. The van der Waals surface area contributed by atoms with Gasteiger partial charge in [-0.3, -0.25) is 4.72 Å². The fourth-order valence-corrected chi connectivity index (χ4v) is 3.86. The van der Waals surface area contributed by atoms with E-state index in [0.717, 1.165) is 22.3 Å². The zero-order valence-corrected chi connectivity index (χ0v) is 12.0. The number of thiophene rings is 1. The quantitative estimate of drug-likeness (QED) is 0.751. The smallest absolute Gasteiger partial charge is 0.335 e. The van der Waals surface area contributed by atoms with E-state index in [2.05, 4.69) is 4.72 Å². The summed E-state index contributed by atoms with van der Waals surface area (Å²) in [7, 11) is -3.79. The number of aromatic hydroxyl groups is 1. The monoisotopic (exact) mass is 313 g/mol. The summed E-state index contributed by atoms with van der Waals surface area (Å²) >= 11 is 1.10. The summed E-state index contributed by atoms with van der Waals surface area (Å²) in [5.41, 5.74) is -0.196. The molecule has 0 aliphatic carbocycles. The fourth-order valence-electron chi connectivity index (χ4n) is 1.50. The Hall–Kier alpha value is -2.06. The summed E-state index contributed by atoms with van der Waals surface area (Å²) < 4.78 is 26.5. The molecule has 6 nitrogen and oxygen atoms in total. The van der Waals surface area contributed by atoms with E-state index in [-0.39, 0.29) is 15.5 Å². The van der Waals surface area contributed by atoms with Gasteiger partial charge >= 0.3 is 5.97 Å². The van der Waals surface area contributed by atoms with E-state index in [1.54, 1.807) is 13.0 Å². The highest BCUT2D eigenvalue weighted by molar-refractivity contribution is 7.94. The van der Waals surface area contributed by atoms with Gasteiger partial charge in [0, 0.05) is 4.88 Å². The molecule has 0 aliphatic heterocycles. The highest BCUT2D eigenvalue weighted by Gasteiger charge is 2.18. The first kappa shape index (κ1) is 14.4. The number of benzene rings is 1. The van der Waals surface area contributed by atoms with Gasteiger partial charge in [0.15, 0.2) is 0 Å². The Morgan fingerprint density at radius 1 is 1.25 bits per heavy atom. The Labute approximate surface area is 119 Å². The summed E-state index contributed by atoms with van der Waals surface area (Å²) in [6, 6.07) is 6.54. The Morgan fingerprint density at radius 3 is 2.45 bits per heavy atom. The number of hydrogen-bond donors (Lipinski definition) is 3. The van der Waals surface area contributed by atoms with Crippen LogP contribution in [0.1, 0.15) is 15.2 Å². The van der Waals surface area contributed by atoms with Crippen molar-refractivity contribution in [3.05, 3.63) is 40.8 Å². The van der Waals surface area contributed by atoms with E-state index < -0.39 is 21.7 Å². The van der Waals surface area contributed by atoms with Crippen LogP contribution in [0.25, 0.3) is 0 Å². The Bertz CT molecular complexity index is 764. The van der Waals surface area contributed by atoms with Gasteiger partial charge in [-0.05, 0) is 37.3 Å². The minimum Gasteiger partial charge on any atom is -0.506 e. The van der Waals surface area contributed by atoms with Crippen molar-refractivity contribution in [1.82, 2.24) is 0 Å². The number of aromatic carboxylic acids is 1. The molecule has 0 saturated heterocycles. The van der Waals surface area contributed by atoms with Crippen molar-refractivity contribution in [3.63, 3.8) is 0 Å². The molecule has 0 saturated carbocycles. The Balaban J connectivity index is 2.32. The molecule has 20 heavy (non-hydrogen) atoms. The SMILES string of the molecule is Cc1ccc(S(=O)(=O)Nc2ccc(C(=O)O)cc2O)s1. The minimum absolute atomic E-state index is 0.0685. The number of hydrogen-bond acceptors (Lipinski definition) is 5. The van der Waals surface area contributed by atoms with Crippen molar-refractivity contribution in [2.24, 2.45) is 0 Å². The van der Waals surface area contributed by atoms with Gasteiger partial charge in [0.1, 0.15) is 9.96 Å². The van der Waals surface area contributed by atoms with E-state index >= 15 is 0 Å². The Morgan fingerprint density at radius 2 is 1.95 bits per heavy atom. The van der Waals surface area contributed by atoms with E-state index in [1.165, 1.54) is 18.2 Å². The van der Waals surface area contributed by atoms with Crippen molar-refractivity contribution in [2.75, 3.05) is 4.72 Å². The lowest BCUT2D eigenvalue weighted by Gasteiger charge is -2.08. The molecular weight excluding hydrogens is 302 g/mol. The van der Waals surface area contributed by atoms with Gasteiger partial charge in [0.05, 0.1) is 11.3 Å². The number of carbonyl (C=O) groups is 1. The van der Waals surface area contributed by atoms with Crippen LogP contribution in [0, 0.1) is 6.92 Å². The van der Waals surface area contributed by atoms with Crippen molar-refractivity contribution in [1.29, 1.82) is 0 Å². The van der Waals surface area contributed by atoms with Crippen LogP contribution >= 0.6 is 11.3 Å². The van der Waals surface area contributed by atoms with Crippen LogP contribution in [0.2, 0.25) is 0 Å². The lowest BCUT2D eigenvalue weighted by atomic mass is 10.2. The van der Waals surface area contributed by atoms with Crippen LogP contribution in [0.5, 0.6) is 5.75 Å². The molecule has 0 fully saturated rings. The summed E-state index contributed by atoms with van der Waals surface area (Å²) in [5.74, 6) is -1.65. The van der Waals surface area contributed by atoms with Crippen molar-refractivity contribution < 1.29 is 23.4 Å². The van der Waals surface area contributed by atoms with Gasteiger partial charge in [0.25, 0.3) is 10.0 Å². The second-order valence-corrected chi connectivity index (χ2v) is 7.20. The molecule has 0 aliphatic rings. The number of nitrogens with one attached hydrogen (secondary N) is 1. The molecule has 8 heteroatoms. The van der Waals surface area contributed by atoms with E-state index in [1.807, 2.05) is 0 Å². The average Bonchev–Trinajstić information content (AvgIpc) is 2.79. The number of rotatable bonds is 4. The van der Waals surface area contributed by atoms with Crippen LogP contribution in [0.4, 0.5) is 5.69 Å². The minimum atomic E-state index is -3.79. The topological polar surface area (TPSA) is 104 Å². The third kappa shape index (κ3) is 2.91. The predicted octanol–water partition coefficient (Wildman–Crippen LogP) is 2.26. The molecule has 106 valence electrons. The number of carboxylic acid groups (broad SMARTS) is 1. The summed E-state index contributed by atoms with van der Waals surface area (Å²) in [6.45, 7) is 1.78. The van der Waals surface area contributed by atoms with Gasteiger partial charge in [-0.25, -0.2) is 13.2 Å². The van der Waals surface area contributed by atoms with Gasteiger partial charge < -0.3 is 10.2 Å². The first-order valence-corrected chi connectivity index (χ1v) is 7.75. The van der Waals surface area contributed by atoms with Crippen LogP contribution < -0.4 is 4.72 Å². The molecule has 1 aromatic carbocycles. The molecule has 0 unspecified atom stereocenters.